The van der Waals surface area contributed by atoms with E-state index in [0.717, 1.165) is 11.1 Å². The van der Waals surface area contributed by atoms with Gasteiger partial charge in [-0.3, -0.25) is 10.1 Å². The molecule has 11 heteroatoms. The van der Waals surface area contributed by atoms with Crippen LogP contribution in [0.4, 0.5) is 11.6 Å². The highest BCUT2D eigenvalue weighted by Gasteiger charge is 2.38. The molecular formula is C24H25N5O5S. The first-order valence-electron chi connectivity index (χ1n) is 10.9. The Morgan fingerprint density at radius 2 is 2.00 bits per heavy atom. The van der Waals surface area contributed by atoms with Gasteiger partial charge >= 0.3 is 5.97 Å². The number of nitro benzene ring substituents is 1. The number of hydrogen-bond donors (Lipinski definition) is 1. The number of hydrogen-bond acceptors (Lipinski definition) is 9. The molecule has 1 atom stereocenters. The minimum atomic E-state index is -0.885. The largest absolute Gasteiger partial charge is 0.460 e. The van der Waals surface area contributed by atoms with Crippen LogP contribution < -0.4 is 5.32 Å². The number of nitrogens with zero attached hydrogens (tertiary/aromatic N) is 4. The fourth-order valence-electron chi connectivity index (χ4n) is 3.87. The van der Waals surface area contributed by atoms with E-state index in [1.165, 1.54) is 29.6 Å². The fourth-order valence-corrected chi connectivity index (χ4v) is 4.65. The van der Waals surface area contributed by atoms with E-state index in [2.05, 4.69) is 21.5 Å². The number of para-hydroxylation sites is 1. The Morgan fingerprint density at radius 3 is 2.74 bits per heavy atom. The van der Waals surface area contributed by atoms with E-state index in [1.54, 1.807) is 25.1 Å². The van der Waals surface area contributed by atoms with Crippen LogP contribution in [-0.4, -0.2) is 46.0 Å². The van der Waals surface area contributed by atoms with E-state index in [1.807, 2.05) is 25.1 Å². The number of rotatable bonds is 9. The number of aromatic nitrogens is 3. The number of thioether (sulfide) groups is 1. The third kappa shape index (κ3) is 5.36. The molecule has 1 N–H and O–H groups in total. The van der Waals surface area contributed by atoms with Gasteiger partial charge in [-0.1, -0.05) is 53.7 Å². The number of nitro groups is 1. The van der Waals surface area contributed by atoms with Crippen molar-refractivity contribution >= 4 is 29.4 Å². The van der Waals surface area contributed by atoms with Gasteiger partial charge in [-0.05, 0) is 25.5 Å². The molecule has 1 aromatic heterocycles. The third-order valence-corrected chi connectivity index (χ3v) is 6.36. The molecule has 0 bridgehead atoms. The Balaban J connectivity index is 1.72. The summed E-state index contributed by atoms with van der Waals surface area (Å²) in [6.07, 6.45) is 0. The van der Waals surface area contributed by atoms with Gasteiger partial charge in [-0.25, -0.2) is 9.48 Å². The first-order valence-corrected chi connectivity index (χ1v) is 11.9. The monoisotopic (exact) mass is 495 g/mol. The normalized spacial score (nSPS) is 14.9. The van der Waals surface area contributed by atoms with E-state index in [4.69, 9.17) is 9.47 Å². The second kappa shape index (κ2) is 10.7. The molecule has 35 heavy (non-hydrogen) atoms. The number of benzene rings is 2. The highest BCUT2D eigenvalue weighted by molar-refractivity contribution is 7.98. The van der Waals surface area contributed by atoms with E-state index in [9.17, 15) is 14.9 Å². The van der Waals surface area contributed by atoms with Crippen LogP contribution in [0.25, 0.3) is 0 Å². The zero-order chi connectivity index (χ0) is 24.9. The smallest absolute Gasteiger partial charge is 0.338 e. The number of aryl methyl sites for hydroxylation is 1. The molecule has 0 saturated carbocycles. The first-order chi connectivity index (χ1) is 16.9. The van der Waals surface area contributed by atoms with Gasteiger partial charge < -0.3 is 14.8 Å². The number of allylic oxidation sites excluding steroid dienone is 1. The number of fused-ring (bicyclic) bond motifs is 1. The quantitative estimate of drug-likeness (QED) is 0.152. The maximum atomic E-state index is 13.1. The van der Waals surface area contributed by atoms with Gasteiger partial charge in [-0.2, -0.15) is 4.98 Å². The minimum Gasteiger partial charge on any atom is -0.460 e. The van der Waals surface area contributed by atoms with Crippen molar-refractivity contribution in [3.8, 4) is 0 Å². The predicted molar refractivity (Wildman–Crippen MR) is 131 cm³/mol. The van der Waals surface area contributed by atoms with Gasteiger partial charge in [0.1, 0.15) is 12.6 Å². The summed E-state index contributed by atoms with van der Waals surface area (Å²) in [6.45, 7) is 4.03. The molecule has 0 amide bonds. The second-order valence-electron chi connectivity index (χ2n) is 7.95. The summed E-state index contributed by atoms with van der Waals surface area (Å²) in [4.78, 5) is 29.0. The Hall–Kier alpha value is -3.70. The van der Waals surface area contributed by atoms with Crippen molar-refractivity contribution in [1.82, 2.24) is 14.8 Å². The molecule has 182 valence electrons. The highest BCUT2D eigenvalue weighted by atomic mass is 32.2. The number of anilines is 1. The van der Waals surface area contributed by atoms with Crippen LogP contribution >= 0.6 is 11.8 Å². The first kappa shape index (κ1) is 24.4. The Labute approximate surface area is 206 Å². The average Bonchev–Trinajstić information content (AvgIpc) is 3.24. The summed E-state index contributed by atoms with van der Waals surface area (Å²) in [5.41, 5.74) is 3.20. The molecule has 3 aromatic rings. The molecule has 1 aliphatic rings. The van der Waals surface area contributed by atoms with Crippen molar-refractivity contribution in [2.75, 3.05) is 25.6 Å². The second-order valence-corrected chi connectivity index (χ2v) is 8.89. The van der Waals surface area contributed by atoms with Crippen LogP contribution in [0, 0.1) is 17.0 Å². The lowest BCUT2D eigenvalue weighted by Gasteiger charge is -2.27. The van der Waals surface area contributed by atoms with Crippen LogP contribution in [0.15, 0.2) is 65.0 Å². The summed E-state index contributed by atoms with van der Waals surface area (Å²) in [5, 5.41) is 20.1. The zero-order valence-corrected chi connectivity index (χ0v) is 20.4. The van der Waals surface area contributed by atoms with Crippen LogP contribution in [0.5, 0.6) is 0 Å². The van der Waals surface area contributed by atoms with E-state index < -0.39 is 16.9 Å². The number of esters is 1. The Morgan fingerprint density at radius 1 is 1.20 bits per heavy atom. The van der Waals surface area contributed by atoms with Gasteiger partial charge in [0.2, 0.25) is 11.1 Å². The molecular weight excluding hydrogens is 470 g/mol. The van der Waals surface area contributed by atoms with Crippen molar-refractivity contribution in [1.29, 1.82) is 0 Å². The summed E-state index contributed by atoms with van der Waals surface area (Å²) < 4.78 is 11.9. The molecule has 0 unspecified atom stereocenters. The van der Waals surface area contributed by atoms with Crippen LogP contribution in [0.2, 0.25) is 0 Å². The predicted octanol–water partition coefficient (Wildman–Crippen LogP) is 4.27. The van der Waals surface area contributed by atoms with E-state index >= 15 is 0 Å². The summed E-state index contributed by atoms with van der Waals surface area (Å²) in [6, 6.07) is 13.6. The Kier molecular flexibility index (Phi) is 7.47. The fraction of sp³-hybridized carbons (Fsp3) is 0.292. The molecule has 0 fully saturated rings. The van der Waals surface area contributed by atoms with Crippen LogP contribution in [-0.2, 0) is 20.0 Å². The molecule has 2 heterocycles. The van der Waals surface area contributed by atoms with Crippen LogP contribution in [0.1, 0.15) is 29.7 Å². The van der Waals surface area contributed by atoms with E-state index in [-0.39, 0.29) is 24.5 Å². The van der Waals surface area contributed by atoms with Gasteiger partial charge in [0.05, 0.1) is 22.7 Å². The van der Waals surface area contributed by atoms with Gasteiger partial charge in [0.15, 0.2) is 0 Å². The van der Waals surface area contributed by atoms with Gasteiger partial charge in [0, 0.05) is 24.6 Å². The third-order valence-electron chi connectivity index (χ3n) is 5.45. The molecule has 1 aliphatic heterocycles. The number of ether oxygens (including phenoxy) is 2. The molecule has 0 aliphatic carbocycles. The van der Waals surface area contributed by atoms with Crippen molar-refractivity contribution < 1.29 is 19.2 Å². The van der Waals surface area contributed by atoms with Crippen LogP contribution in [0.3, 0.4) is 0 Å². The number of nitrogens with one attached hydrogen (secondary N) is 1. The number of methoxy groups -OCH3 is 1. The topological polar surface area (TPSA) is 121 Å². The molecule has 0 saturated heterocycles. The zero-order valence-electron chi connectivity index (χ0n) is 19.6. The summed E-state index contributed by atoms with van der Waals surface area (Å²) >= 11 is 1.44. The van der Waals surface area contributed by atoms with E-state index in [0.29, 0.717) is 28.1 Å². The average molecular weight is 496 g/mol. The Bertz CT molecular complexity index is 1290. The highest BCUT2D eigenvalue weighted by Crippen LogP contribution is 2.40. The molecule has 4 rings (SSSR count). The lowest BCUT2D eigenvalue weighted by atomic mass is 9.94. The van der Waals surface area contributed by atoms with Crippen molar-refractivity contribution in [3.63, 3.8) is 0 Å². The van der Waals surface area contributed by atoms with Gasteiger partial charge in [-0.15, -0.1) is 5.10 Å². The number of carbonyl (C=O) groups excluding carboxylic acids is 1. The van der Waals surface area contributed by atoms with Crippen molar-refractivity contribution in [3.05, 3.63) is 86.6 Å². The SMILES string of the molecule is COCCOC(=O)C1=C(C)Nc2nc(SCc3cccc(C)c3)nn2[C@@H]1c1ccccc1[N+](=O)[O-]. The standard InChI is InChI=1S/C24H25N5O5S/c1-15-7-6-8-17(13-15)14-35-24-26-23-25-16(2)20(22(30)34-12-11-33-3)21(28(23)27-24)18-9-4-5-10-19(18)29(31)32/h4-10,13,21H,11-12,14H2,1-3H3,(H,25,26,27)/t21-/m1/s1. The molecule has 10 nitrogen and oxygen atoms in total. The van der Waals surface area contributed by atoms with Crippen molar-refractivity contribution in [2.45, 2.75) is 30.8 Å². The van der Waals surface area contributed by atoms with Gasteiger partial charge in [0.25, 0.3) is 5.69 Å². The molecule has 0 spiro atoms. The summed E-state index contributed by atoms with van der Waals surface area (Å²) in [7, 11) is 1.51. The van der Waals surface area contributed by atoms with Crippen molar-refractivity contribution in [2.24, 2.45) is 0 Å². The maximum absolute atomic E-state index is 13.1. The lowest BCUT2D eigenvalue weighted by molar-refractivity contribution is -0.385. The molecule has 2 aromatic carbocycles. The maximum Gasteiger partial charge on any atom is 0.338 e. The lowest BCUT2D eigenvalue weighted by Crippen LogP contribution is -2.30. The number of carbonyl (C=O) groups is 1. The molecule has 0 radical (unpaired) electrons. The minimum absolute atomic E-state index is 0.0531. The summed E-state index contributed by atoms with van der Waals surface area (Å²) in [5.74, 6) is 0.440.